The van der Waals surface area contributed by atoms with Crippen molar-refractivity contribution in [3.05, 3.63) is 41.4 Å². The number of rotatable bonds is 10. The number of halogens is 4. The third-order valence-corrected chi connectivity index (χ3v) is 6.64. The second-order valence-corrected chi connectivity index (χ2v) is 9.31. The van der Waals surface area contributed by atoms with E-state index in [-0.39, 0.29) is 47.6 Å². The minimum absolute atomic E-state index is 0.129. The van der Waals surface area contributed by atoms with Crippen LogP contribution in [-0.4, -0.2) is 33.8 Å². The molecular weight excluding hydrogens is 467 g/mol. The van der Waals surface area contributed by atoms with Crippen LogP contribution in [0.3, 0.4) is 0 Å². The van der Waals surface area contributed by atoms with Crippen LogP contribution in [0, 0.1) is 11.8 Å². The van der Waals surface area contributed by atoms with Gasteiger partial charge in [-0.2, -0.15) is 13.2 Å². The molecule has 1 aromatic carbocycles. The van der Waals surface area contributed by atoms with Crippen LogP contribution in [0.4, 0.5) is 13.2 Å². The molecule has 0 spiro atoms. The third-order valence-electron chi connectivity index (χ3n) is 5.06. The largest absolute Gasteiger partial charge is 0.416 e. The average Bonchev–Trinajstić information content (AvgIpc) is 2.74. The van der Waals surface area contributed by atoms with Crippen LogP contribution in [0.1, 0.15) is 44.6 Å². The number of hydrogen-bond donors (Lipinski definition) is 0. The van der Waals surface area contributed by atoms with Gasteiger partial charge < -0.3 is 4.84 Å². The van der Waals surface area contributed by atoms with E-state index >= 15 is 0 Å². The molecule has 1 saturated carbocycles. The topological polar surface area (TPSA) is 72.8 Å². The molecule has 1 aliphatic carbocycles. The summed E-state index contributed by atoms with van der Waals surface area (Å²) in [5, 5.41) is 3.98. The molecule has 0 heterocycles. The number of oxime groups is 1. The van der Waals surface area contributed by atoms with Crippen molar-refractivity contribution < 1.29 is 31.8 Å². The van der Waals surface area contributed by atoms with E-state index in [1.165, 1.54) is 23.7 Å². The predicted octanol–water partition coefficient (Wildman–Crippen LogP) is 5.29. The molecule has 2 rings (SSSR count). The molecule has 0 aliphatic heterocycles. The molecule has 1 aliphatic rings. The lowest BCUT2D eigenvalue weighted by molar-refractivity contribution is -0.138. The number of hydrogen-bond acceptors (Lipinski definition) is 5. The first-order valence-electron chi connectivity index (χ1n) is 10.2. The highest BCUT2D eigenvalue weighted by molar-refractivity contribution is 7.85. The van der Waals surface area contributed by atoms with E-state index in [4.69, 9.17) is 16.4 Å². The molecule has 5 nitrogen and oxygen atoms in total. The first-order valence-corrected chi connectivity index (χ1v) is 12.0. The molecule has 0 bridgehead atoms. The summed E-state index contributed by atoms with van der Waals surface area (Å²) in [5.74, 6) is -1.50. The van der Waals surface area contributed by atoms with E-state index in [1.807, 2.05) is 6.92 Å². The van der Waals surface area contributed by atoms with E-state index in [0.29, 0.717) is 25.0 Å². The summed E-state index contributed by atoms with van der Waals surface area (Å²) < 4.78 is 50.4. The van der Waals surface area contributed by atoms with Gasteiger partial charge in [0.05, 0.1) is 22.1 Å². The number of carbonyl (C=O) groups excluding carboxylic acids is 2. The van der Waals surface area contributed by atoms with Crippen molar-refractivity contribution in [3.63, 3.8) is 0 Å². The van der Waals surface area contributed by atoms with Gasteiger partial charge in [0.2, 0.25) is 0 Å². The average molecular weight is 492 g/mol. The molecule has 10 heteroatoms. The van der Waals surface area contributed by atoms with Gasteiger partial charge in [0.1, 0.15) is 24.1 Å². The quantitative estimate of drug-likeness (QED) is 0.193. The number of Topliss-reactive ketones (excluding diaryl/α,β-unsaturated/α-hetero) is 2. The minimum Gasteiger partial charge on any atom is -0.392 e. The maximum absolute atomic E-state index is 12.7. The third kappa shape index (κ3) is 7.55. The van der Waals surface area contributed by atoms with Crippen LogP contribution in [0.2, 0.25) is 0 Å². The van der Waals surface area contributed by atoms with E-state index < -0.39 is 28.5 Å². The highest BCUT2D eigenvalue weighted by Gasteiger charge is 2.38. The Balaban J connectivity index is 1.96. The van der Waals surface area contributed by atoms with Crippen LogP contribution in [0.5, 0.6) is 0 Å². The van der Waals surface area contributed by atoms with Crippen molar-refractivity contribution in [1.82, 2.24) is 0 Å². The lowest BCUT2D eigenvalue weighted by Gasteiger charge is -2.26. The van der Waals surface area contributed by atoms with Crippen LogP contribution in [0.25, 0.3) is 0 Å². The van der Waals surface area contributed by atoms with Crippen LogP contribution in [-0.2, 0) is 31.4 Å². The predicted molar refractivity (Wildman–Crippen MR) is 117 cm³/mol. The summed E-state index contributed by atoms with van der Waals surface area (Å²) in [6, 6.07) is 4.17. The maximum atomic E-state index is 12.7. The van der Waals surface area contributed by atoms with Gasteiger partial charge in [-0.3, -0.25) is 13.8 Å². The zero-order valence-corrected chi connectivity index (χ0v) is 19.1. The summed E-state index contributed by atoms with van der Waals surface area (Å²) in [6.07, 6.45) is -1.10. The first-order chi connectivity index (χ1) is 15.2. The standard InChI is InChI=1S/C22H25ClF3NO4S/c1-2-4-18(27-31-11-3-10-23)21-19(28)13-15(14-20(21)29)9-12-32(30)17-7-5-16(6-8-17)22(24,25)26/h3,5-8,10,15,21H,2,4,9,11-14H2,1H3. The van der Waals surface area contributed by atoms with Gasteiger partial charge in [-0.15, -0.1) is 0 Å². The van der Waals surface area contributed by atoms with Gasteiger partial charge >= 0.3 is 6.18 Å². The number of carbonyl (C=O) groups is 2. The second-order valence-electron chi connectivity index (χ2n) is 7.49. The lowest BCUT2D eigenvalue weighted by Crippen LogP contribution is -2.39. The Morgan fingerprint density at radius 1 is 1.22 bits per heavy atom. The van der Waals surface area contributed by atoms with Crippen LogP contribution < -0.4 is 0 Å². The number of alkyl halides is 3. The summed E-state index contributed by atoms with van der Waals surface area (Å²) in [6.45, 7) is 2.04. The number of ketones is 2. The van der Waals surface area contributed by atoms with Crippen LogP contribution in [0.15, 0.2) is 45.9 Å². The molecule has 0 N–H and O–H groups in total. The molecule has 0 amide bonds. The van der Waals surface area contributed by atoms with Gasteiger partial charge in [-0.05, 0) is 49.1 Å². The first kappa shape index (κ1) is 26.3. The Labute approximate surface area is 192 Å². The van der Waals surface area contributed by atoms with Gasteiger partial charge in [0.15, 0.2) is 0 Å². The summed E-state index contributed by atoms with van der Waals surface area (Å²) in [4.78, 5) is 30.8. The molecule has 0 radical (unpaired) electrons. The maximum Gasteiger partial charge on any atom is 0.416 e. The Bertz CT molecular complexity index is 866. The van der Waals surface area contributed by atoms with Crippen molar-refractivity contribution >= 4 is 39.7 Å². The van der Waals surface area contributed by atoms with Crippen molar-refractivity contribution in [2.24, 2.45) is 17.0 Å². The van der Waals surface area contributed by atoms with Crippen molar-refractivity contribution in [1.29, 1.82) is 0 Å². The number of benzene rings is 1. The fourth-order valence-electron chi connectivity index (χ4n) is 3.52. The molecule has 176 valence electrons. The SMILES string of the molecule is CCCC(=NOCC=CCl)C1C(=O)CC(CCS(=O)c2ccc(C(F)(F)F)cc2)CC1=O. The molecule has 1 aromatic rings. The molecule has 1 unspecified atom stereocenters. The summed E-state index contributed by atoms with van der Waals surface area (Å²) in [7, 11) is -1.52. The smallest absolute Gasteiger partial charge is 0.392 e. The Morgan fingerprint density at radius 2 is 1.84 bits per heavy atom. The van der Waals surface area contributed by atoms with Gasteiger partial charge in [0, 0.05) is 29.0 Å². The van der Waals surface area contributed by atoms with Crippen LogP contribution >= 0.6 is 11.6 Å². The van der Waals surface area contributed by atoms with Crippen molar-refractivity contribution in [2.45, 2.75) is 50.1 Å². The minimum atomic E-state index is -4.45. The molecule has 1 atom stereocenters. The Kier molecular flexibility index (Phi) is 10.1. The van der Waals surface area contributed by atoms with Gasteiger partial charge in [-0.1, -0.05) is 30.1 Å². The Hall–Kier alpha value is -2.00. The normalized spacial score (nSPS) is 21.2. The zero-order chi connectivity index (χ0) is 23.7. The summed E-state index contributed by atoms with van der Waals surface area (Å²) in [5.41, 5.74) is 0.878. The fourth-order valence-corrected chi connectivity index (χ4v) is 4.81. The zero-order valence-electron chi connectivity index (χ0n) is 17.6. The molecule has 0 saturated heterocycles. The number of nitrogens with zero attached hydrogens (tertiary/aromatic N) is 1. The molecule has 32 heavy (non-hydrogen) atoms. The highest BCUT2D eigenvalue weighted by atomic mass is 35.5. The molecule has 0 aromatic heterocycles. The highest BCUT2D eigenvalue weighted by Crippen LogP contribution is 2.31. The van der Waals surface area contributed by atoms with E-state index in [1.54, 1.807) is 0 Å². The van der Waals surface area contributed by atoms with Gasteiger partial charge in [0.25, 0.3) is 0 Å². The molecular formula is C22H25ClF3NO4S. The lowest BCUT2D eigenvalue weighted by atomic mass is 9.76. The van der Waals surface area contributed by atoms with Crippen molar-refractivity contribution in [2.75, 3.05) is 12.4 Å². The van der Waals surface area contributed by atoms with Gasteiger partial charge in [-0.25, -0.2) is 0 Å². The van der Waals surface area contributed by atoms with E-state index in [9.17, 15) is 27.0 Å². The van der Waals surface area contributed by atoms with Crippen molar-refractivity contribution in [3.8, 4) is 0 Å². The van der Waals surface area contributed by atoms with E-state index in [0.717, 1.165) is 12.1 Å². The van der Waals surface area contributed by atoms with E-state index in [2.05, 4.69) is 5.16 Å². The monoisotopic (exact) mass is 491 g/mol. The Morgan fingerprint density at radius 3 is 2.38 bits per heavy atom. The summed E-state index contributed by atoms with van der Waals surface area (Å²) >= 11 is 5.42. The second kappa shape index (κ2) is 12.3. The molecule has 1 fully saturated rings. The fraction of sp³-hybridized carbons (Fsp3) is 0.500.